The van der Waals surface area contributed by atoms with Crippen molar-refractivity contribution in [1.82, 2.24) is 0 Å². The van der Waals surface area contributed by atoms with Crippen molar-refractivity contribution in [2.45, 2.75) is 13.0 Å². The van der Waals surface area contributed by atoms with Crippen molar-refractivity contribution in [1.29, 1.82) is 0 Å². The molecule has 0 spiro atoms. The largest absolute Gasteiger partial charge is 0.494 e. The molecule has 0 aliphatic heterocycles. The topological polar surface area (TPSA) is 29.5 Å². The maximum absolute atomic E-state index is 10.4. The van der Waals surface area contributed by atoms with Crippen LogP contribution in [0.1, 0.15) is 24.2 Å². The Kier molecular flexibility index (Phi) is 4.86. The summed E-state index contributed by atoms with van der Waals surface area (Å²) in [6.07, 6.45) is -0.765. The number of ether oxygens (including phenoxy) is 1. The molecule has 0 aliphatic carbocycles. The zero-order valence-electron chi connectivity index (χ0n) is 10.4. The van der Waals surface area contributed by atoms with Gasteiger partial charge in [-0.05, 0) is 30.7 Å². The number of aliphatic hydroxyl groups excluding tert-OH is 1. The predicted octanol–water partition coefficient (Wildman–Crippen LogP) is 4.58. The lowest BCUT2D eigenvalue weighted by molar-refractivity contribution is 0.219. The maximum Gasteiger partial charge on any atom is 0.120 e. The summed E-state index contributed by atoms with van der Waals surface area (Å²) in [4.78, 5) is 0. The van der Waals surface area contributed by atoms with Gasteiger partial charge < -0.3 is 9.84 Å². The lowest BCUT2D eigenvalue weighted by Crippen LogP contribution is -2.02. The zero-order valence-corrected chi connectivity index (χ0v) is 12.8. The number of halogens is 2. The second-order valence-electron chi connectivity index (χ2n) is 4.04. The van der Waals surface area contributed by atoms with Gasteiger partial charge in [-0.3, -0.25) is 0 Å². The molecule has 0 fully saturated rings. The van der Waals surface area contributed by atoms with Crippen LogP contribution in [-0.2, 0) is 0 Å². The van der Waals surface area contributed by atoms with Gasteiger partial charge >= 0.3 is 0 Å². The number of benzene rings is 2. The van der Waals surface area contributed by atoms with E-state index in [2.05, 4.69) is 15.9 Å². The molecule has 2 aromatic carbocycles. The first kappa shape index (κ1) is 14.4. The van der Waals surface area contributed by atoms with Crippen LogP contribution < -0.4 is 4.74 Å². The van der Waals surface area contributed by atoms with E-state index in [4.69, 9.17) is 16.3 Å². The summed E-state index contributed by atoms with van der Waals surface area (Å²) in [6, 6.07) is 12.8. The van der Waals surface area contributed by atoms with Gasteiger partial charge in [0.2, 0.25) is 0 Å². The van der Waals surface area contributed by atoms with Crippen LogP contribution in [0.4, 0.5) is 0 Å². The first-order valence-corrected chi connectivity index (χ1v) is 7.15. The molecule has 0 saturated carbocycles. The van der Waals surface area contributed by atoms with Gasteiger partial charge in [-0.2, -0.15) is 0 Å². The highest BCUT2D eigenvalue weighted by atomic mass is 79.9. The molecule has 19 heavy (non-hydrogen) atoms. The van der Waals surface area contributed by atoms with E-state index in [1.165, 1.54) is 0 Å². The van der Waals surface area contributed by atoms with Gasteiger partial charge in [0.25, 0.3) is 0 Å². The number of hydrogen-bond donors (Lipinski definition) is 1. The van der Waals surface area contributed by atoms with Crippen LogP contribution in [0, 0.1) is 0 Å². The molecule has 0 saturated heterocycles. The number of hydrogen-bond acceptors (Lipinski definition) is 2. The van der Waals surface area contributed by atoms with Crippen LogP contribution in [0.2, 0.25) is 5.02 Å². The normalized spacial score (nSPS) is 12.2. The molecule has 2 rings (SSSR count). The minimum Gasteiger partial charge on any atom is -0.494 e. The van der Waals surface area contributed by atoms with Gasteiger partial charge in [0.1, 0.15) is 11.9 Å². The highest BCUT2D eigenvalue weighted by Gasteiger charge is 2.16. The third-order valence-electron chi connectivity index (χ3n) is 2.78. The Morgan fingerprint density at radius 2 is 1.95 bits per heavy atom. The number of aliphatic hydroxyl groups is 1. The van der Waals surface area contributed by atoms with E-state index in [0.29, 0.717) is 17.2 Å². The Bertz CT molecular complexity index is 572. The van der Waals surface area contributed by atoms with Crippen molar-refractivity contribution in [3.8, 4) is 5.75 Å². The first-order chi connectivity index (χ1) is 9.13. The molecule has 1 unspecified atom stereocenters. The maximum atomic E-state index is 10.4. The predicted molar refractivity (Wildman–Crippen MR) is 80.8 cm³/mol. The van der Waals surface area contributed by atoms with Crippen LogP contribution >= 0.6 is 27.5 Å². The smallest absolute Gasteiger partial charge is 0.120 e. The van der Waals surface area contributed by atoms with Crippen molar-refractivity contribution in [2.24, 2.45) is 0 Å². The van der Waals surface area contributed by atoms with E-state index in [9.17, 15) is 5.11 Å². The zero-order chi connectivity index (χ0) is 13.8. The Morgan fingerprint density at radius 1 is 1.21 bits per heavy atom. The lowest BCUT2D eigenvalue weighted by Gasteiger charge is -2.15. The number of rotatable bonds is 4. The second kappa shape index (κ2) is 6.42. The van der Waals surface area contributed by atoms with Crippen LogP contribution in [0.15, 0.2) is 46.9 Å². The van der Waals surface area contributed by atoms with E-state index >= 15 is 0 Å². The molecular formula is C15H14BrClO2. The molecule has 0 aliphatic rings. The monoisotopic (exact) mass is 340 g/mol. The summed E-state index contributed by atoms with van der Waals surface area (Å²) in [5.41, 5.74) is 1.45. The van der Waals surface area contributed by atoms with Crippen LogP contribution in [-0.4, -0.2) is 11.7 Å². The van der Waals surface area contributed by atoms with Crippen molar-refractivity contribution in [3.05, 3.63) is 63.1 Å². The molecule has 2 aromatic rings. The SMILES string of the molecule is CCOc1ccc(C(O)c2ccccc2Cl)c(Br)c1. The average molecular weight is 342 g/mol. The molecule has 0 amide bonds. The molecular weight excluding hydrogens is 328 g/mol. The van der Waals surface area contributed by atoms with E-state index in [0.717, 1.165) is 15.8 Å². The minimum atomic E-state index is -0.765. The van der Waals surface area contributed by atoms with Crippen molar-refractivity contribution >= 4 is 27.5 Å². The first-order valence-electron chi connectivity index (χ1n) is 5.98. The standard InChI is InChI=1S/C15H14BrClO2/c1-2-19-10-7-8-11(13(16)9-10)15(18)12-5-3-4-6-14(12)17/h3-9,15,18H,2H2,1H3. The molecule has 1 N–H and O–H groups in total. The van der Waals surface area contributed by atoms with Crippen molar-refractivity contribution in [3.63, 3.8) is 0 Å². The average Bonchev–Trinajstić information content (AvgIpc) is 2.39. The summed E-state index contributed by atoms with van der Waals surface area (Å²) in [6.45, 7) is 2.54. The molecule has 0 heterocycles. The van der Waals surface area contributed by atoms with E-state index in [-0.39, 0.29) is 0 Å². The Hall–Kier alpha value is -1.03. The van der Waals surface area contributed by atoms with Crippen LogP contribution in [0.25, 0.3) is 0 Å². The van der Waals surface area contributed by atoms with Crippen LogP contribution in [0.5, 0.6) is 5.75 Å². The summed E-state index contributed by atoms with van der Waals surface area (Å²) < 4.78 is 6.21. The Balaban J connectivity index is 2.34. The van der Waals surface area contributed by atoms with E-state index in [1.807, 2.05) is 43.3 Å². The highest BCUT2D eigenvalue weighted by Crippen LogP contribution is 2.34. The summed E-state index contributed by atoms with van der Waals surface area (Å²) in [5, 5.41) is 11.0. The summed E-state index contributed by atoms with van der Waals surface area (Å²) in [5.74, 6) is 0.768. The van der Waals surface area contributed by atoms with Crippen LogP contribution in [0.3, 0.4) is 0 Å². The molecule has 4 heteroatoms. The highest BCUT2D eigenvalue weighted by molar-refractivity contribution is 9.10. The third kappa shape index (κ3) is 3.30. The molecule has 0 radical (unpaired) electrons. The fraction of sp³-hybridized carbons (Fsp3) is 0.200. The fourth-order valence-corrected chi connectivity index (χ4v) is 2.66. The quantitative estimate of drug-likeness (QED) is 0.882. The van der Waals surface area contributed by atoms with Gasteiger partial charge in [0.15, 0.2) is 0 Å². The summed E-state index contributed by atoms with van der Waals surface area (Å²) in [7, 11) is 0. The molecule has 1 atom stereocenters. The van der Waals surface area contributed by atoms with Gasteiger partial charge in [-0.15, -0.1) is 0 Å². The third-order valence-corrected chi connectivity index (χ3v) is 3.81. The second-order valence-corrected chi connectivity index (χ2v) is 5.30. The van der Waals surface area contributed by atoms with E-state index < -0.39 is 6.10 Å². The van der Waals surface area contributed by atoms with Gasteiger partial charge in [-0.25, -0.2) is 0 Å². The van der Waals surface area contributed by atoms with Crippen molar-refractivity contribution < 1.29 is 9.84 Å². The molecule has 100 valence electrons. The van der Waals surface area contributed by atoms with Gasteiger partial charge in [-0.1, -0.05) is 51.8 Å². The molecule has 0 aromatic heterocycles. The molecule has 2 nitrogen and oxygen atoms in total. The Morgan fingerprint density at radius 3 is 2.58 bits per heavy atom. The lowest BCUT2D eigenvalue weighted by atomic mass is 10.0. The van der Waals surface area contributed by atoms with E-state index in [1.54, 1.807) is 6.07 Å². The summed E-state index contributed by atoms with van der Waals surface area (Å²) >= 11 is 9.56. The van der Waals surface area contributed by atoms with Gasteiger partial charge in [0, 0.05) is 15.1 Å². The van der Waals surface area contributed by atoms with Gasteiger partial charge in [0.05, 0.1) is 6.61 Å². The Labute approximate surface area is 126 Å². The van der Waals surface area contributed by atoms with Crippen molar-refractivity contribution in [2.75, 3.05) is 6.61 Å². The minimum absolute atomic E-state index is 0.552. The molecule has 0 bridgehead atoms. The fourth-order valence-electron chi connectivity index (χ4n) is 1.85.